The molecule has 3 aromatic rings. The van der Waals surface area contributed by atoms with Crippen LogP contribution in [0.1, 0.15) is 40.5 Å². The fourth-order valence-corrected chi connectivity index (χ4v) is 4.90. The third kappa shape index (κ3) is 6.46. The van der Waals surface area contributed by atoms with Gasteiger partial charge in [-0.15, -0.1) is 11.3 Å². The van der Waals surface area contributed by atoms with E-state index in [2.05, 4.69) is 22.4 Å². The predicted molar refractivity (Wildman–Crippen MR) is 138 cm³/mol. The third-order valence-electron chi connectivity index (χ3n) is 5.82. The molecule has 0 bridgehead atoms. The molecule has 0 atom stereocenters. The van der Waals surface area contributed by atoms with Gasteiger partial charge in [0.05, 0.1) is 12.1 Å². The van der Waals surface area contributed by atoms with Crippen molar-refractivity contribution in [1.82, 2.24) is 14.8 Å². The SMILES string of the molecule is CCCN(CC(=O)Nc1nc(CC(=O)N2CCc3ccccc3C2)cs1)C(=O)c1ccc(Cl)cc1. The molecule has 0 saturated carbocycles. The minimum Gasteiger partial charge on any atom is -0.338 e. The summed E-state index contributed by atoms with van der Waals surface area (Å²) in [6.07, 6.45) is 1.76. The summed E-state index contributed by atoms with van der Waals surface area (Å²) in [6, 6.07) is 14.8. The zero-order valence-corrected chi connectivity index (χ0v) is 21.1. The van der Waals surface area contributed by atoms with Crippen LogP contribution < -0.4 is 5.32 Å². The second-order valence-corrected chi connectivity index (χ2v) is 9.73. The van der Waals surface area contributed by atoms with Crippen molar-refractivity contribution < 1.29 is 14.4 Å². The maximum atomic E-state index is 12.8. The largest absolute Gasteiger partial charge is 0.338 e. The van der Waals surface area contributed by atoms with Gasteiger partial charge < -0.3 is 15.1 Å². The lowest BCUT2D eigenvalue weighted by Crippen LogP contribution is -2.38. The number of aromatic nitrogens is 1. The van der Waals surface area contributed by atoms with Gasteiger partial charge in [0.2, 0.25) is 11.8 Å². The average Bonchev–Trinajstić information content (AvgIpc) is 3.29. The normalized spacial score (nSPS) is 12.7. The Bertz CT molecular complexity index is 1210. The lowest BCUT2D eigenvalue weighted by Gasteiger charge is -2.28. The molecule has 0 aliphatic carbocycles. The number of nitrogens with zero attached hydrogens (tertiary/aromatic N) is 3. The Morgan fingerprint density at radius 3 is 2.60 bits per heavy atom. The third-order valence-corrected chi connectivity index (χ3v) is 6.88. The molecule has 1 aromatic heterocycles. The predicted octanol–water partition coefficient (Wildman–Crippen LogP) is 4.41. The van der Waals surface area contributed by atoms with E-state index >= 15 is 0 Å². The van der Waals surface area contributed by atoms with Crippen LogP contribution in [-0.2, 0) is 29.0 Å². The van der Waals surface area contributed by atoms with E-state index in [1.165, 1.54) is 27.4 Å². The molecule has 0 spiro atoms. The van der Waals surface area contributed by atoms with Crippen LogP contribution in [0.4, 0.5) is 5.13 Å². The van der Waals surface area contributed by atoms with E-state index < -0.39 is 0 Å². The van der Waals surface area contributed by atoms with Gasteiger partial charge in [-0.25, -0.2) is 4.98 Å². The number of hydrogen-bond donors (Lipinski definition) is 1. The summed E-state index contributed by atoms with van der Waals surface area (Å²) < 4.78 is 0. The van der Waals surface area contributed by atoms with Gasteiger partial charge >= 0.3 is 0 Å². The summed E-state index contributed by atoms with van der Waals surface area (Å²) in [6.45, 7) is 3.61. The second kappa shape index (κ2) is 11.5. The fraction of sp³-hybridized carbons (Fsp3) is 0.308. The van der Waals surface area contributed by atoms with Gasteiger partial charge in [0.25, 0.3) is 5.91 Å². The molecular weight excluding hydrogens is 484 g/mol. The Morgan fingerprint density at radius 1 is 1.11 bits per heavy atom. The average molecular weight is 511 g/mol. The van der Waals surface area contributed by atoms with Crippen LogP contribution in [-0.4, -0.2) is 52.1 Å². The number of hydrogen-bond acceptors (Lipinski definition) is 5. The van der Waals surface area contributed by atoms with Crippen molar-refractivity contribution in [2.45, 2.75) is 32.7 Å². The molecule has 0 saturated heterocycles. The number of benzene rings is 2. The number of halogens is 1. The molecule has 2 aromatic carbocycles. The number of fused-ring (bicyclic) bond motifs is 1. The van der Waals surface area contributed by atoms with Gasteiger partial charge in [-0.3, -0.25) is 14.4 Å². The molecule has 182 valence electrons. The topological polar surface area (TPSA) is 82.6 Å². The van der Waals surface area contributed by atoms with E-state index in [-0.39, 0.29) is 30.7 Å². The van der Waals surface area contributed by atoms with Crippen molar-refractivity contribution in [3.8, 4) is 0 Å². The highest BCUT2D eigenvalue weighted by Gasteiger charge is 2.22. The second-order valence-electron chi connectivity index (χ2n) is 8.44. The monoisotopic (exact) mass is 510 g/mol. The summed E-state index contributed by atoms with van der Waals surface area (Å²) in [5.41, 5.74) is 3.58. The van der Waals surface area contributed by atoms with Gasteiger partial charge in [-0.2, -0.15) is 0 Å². The van der Waals surface area contributed by atoms with Gasteiger partial charge in [-0.1, -0.05) is 42.8 Å². The zero-order chi connectivity index (χ0) is 24.8. The summed E-state index contributed by atoms with van der Waals surface area (Å²) >= 11 is 7.18. The molecule has 3 amide bonds. The van der Waals surface area contributed by atoms with Crippen molar-refractivity contribution >= 4 is 45.8 Å². The van der Waals surface area contributed by atoms with E-state index in [0.717, 1.165) is 12.8 Å². The van der Waals surface area contributed by atoms with Crippen LogP contribution in [0.15, 0.2) is 53.9 Å². The van der Waals surface area contributed by atoms with Crippen LogP contribution in [0.3, 0.4) is 0 Å². The lowest BCUT2D eigenvalue weighted by molar-refractivity contribution is -0.131. The van der Waals surface area contributed by atoms with Crippen molar-refractivity contribution in [2.75, 3.05) is 25.0 Å². The zero-order valence-electron chi connectivity index (χ0n) is 19.5. The first-order chi connectivity index (χ1) is 16.9. The molecular formula is C26H27ClN4O3S. The Hall–Kier alpha value is -3.23. The molecule has 1 aliphatic rings. The highest BCUT2D eigenvalue weighted by atomic mass is 35.5. The molecule has 0 radical (unpaired) electrons. The van der Waals surface area contributed by atoms with Gasteiger partial charge in [-0.05, 0) is 48.2 Å². The fourth-order valence-electron chi connectivity index (χ4n) is 4.05. The quantitative estimate of drug-likeness (QED) is 0.486. The van der Waals surface area contributed by atoms with Gasteiger partial charge in [0, 0.05) is 35.6 Å². The minimum atomic E-state index is -0.333. The first-order valence-electron chi connectivity index (χ1n) is 11.6. The minimum absolute atomic E-state index is 0.0189. The maximum Gasteiger partial charge on any atom is 0.254 e. The highest BCUT2D eigenvalue weighted by molar-refractivity contribution is 7.13. The first kappa shape index (κ1) is 24.9. The van der Waals surface area contributed by atoms with Crippen LogP contribution in [0.25, 0.3) is 0 Å². The molecule has 1 N–H and O–H groups in total. The summed E-state index contributed by atoms with van der Waals surface area (Å²) in [4.78, 5) is 46.1. The summed E-state index contributed by atoms with van der Waals surface area (Å²) in [5, 5.41) is 5.51. The molecule has 2 heterocycles. The van der Waals surface area contributed by atoms with Crippen LogP contribution >= 0.6 is 22.9 Å². The number of carbonyl (C=O) groups is 3. The number of carbonyl (C=O) groups excluding carboxylic acids is 3. The number of thiazole rings is 1. The molecule has 0 fully saturated rings. The number of rotatable bonds is 8. The van der Waals surface area contributed by atoms with Crippen LogP contribution in [0.5, 0.6) is 0 Å². The Kier molecular flexibility index (Phi) is 8.15. The Labute approximate surface area is 213 Å². The number of nitrogens with one attached hydrogen (secondary N) is 1. The van der Waals surface area contributed by atoms with E-state index in [4.69, 9.17) is 11.6 Å². The van der Waals surface area contributed by atoms with E-state index in [1.54, 1.807) is 29.6 Å². The van der Waals surface area contributed by atoms with Gasteiger partial charge in [0.15, 0.2) is 5.13 Å². The smallest absolute Gasteiger partial charge is 0.254 e. The Balaban J connectivity index is 1.32. The standard InChI is InChI=1S/C26H27ClN4O3S/c1-2-12-31(25(34)19-7-9-21(27)10-8-19)16-23(32)29-26-28-22(17-35-26)14-24(33)30-13-11-18-5-3-4-6-20(18)15-30/h3-10,17H,2,11-16H2,1H3,(H,28,29,32). The Morgan fingerprint density at radius 2 is 1.86 bits per heavy atom. The van der Waals surface area contributed by atoms with Crippen LogP contribution in [0, 0.1) is 0 Å². The summed E-state index contributed by atoms with van der Waals surface area (Å²) in [7, 11) is 0. The van der Waals surface area contributed by atoms with E-state index in [0.29, 0.717) is 41.0 Å². The molecule has 35 heavy (non-hydrogen) atoms. The summed E-state index contributed by atoms with van der Waals surface area (Å²) in [5.74, 6) is -0.543. The lowest BCUT2D eigenvalue weighted by atomic mass is 10.00. The van der Waals surface area contributed by atoms with Crippen LogP contribution in [0.2, 0.25) is 5.02 Å². The first-order valence-corrected chi connectivity index (χ1v) is 12.8. The van der Waals surface area contributed by atoms with E-state index in [9.17, 15) is 14.4 Å². The molecule has 9 heteroatoms. The maximum absolute atomic E-state index is 12.8. The van der Waals surface area contributed by atoms with E-state index in [1.807, 2.05) is 24.0 Å². The number of amides is 3. The van der Waals surface area contributed by atoms with Gasteiger partial charge in [0.1, 0.15) is 6.54 Å². The molecule has 1 aliphatic heterocycles. The van der Waals surface area contributed by atoms with Crippen molar-refractivity contribution in [2.24, 2.45) is 0 Å². The van der Waals surface area contributed by atoms with Crippen molar-refractivity contribution in [3.05, 3.63) is 81.3 Å². The number of anilines is 1. The molecule has 7 nitrogen and oxygen atoms in total. The van der Waals surface area contributed by atoms with Crippen molar-refractivity contribution in [1.29, 1.82) is 0 Å². The molecule has 4 rings (SSSR count). The molecule has 0 unspecified atom stereocenters. The highest BCUT2D eigenvalue weighted by Crippen LogP contribution is 2.21. The van der Waals surface area contributed by atoms with Crippen molar-refractivity contribution in [3.63, 3.8) is 0 Å².